The monoisotopic (exact) mass is 442 g/mol. The van der Waals surface area contributed by atoms with Crippen molar-refractivity contribution in [1.82, 2.24) is 19.7 Å². The van der Waals surface area contributed by atoms with Gasteiger partial charge in [0, 0.05) is 12.1 Å². The van der Waals surface area contributed by atoms with E-state index in [2.05, 4.69) is 37.4 Å². The van der Waals surface area contributed by atoms with Crippen LogP contribution in [0, 0.1) is 0 Å². The molecule has 0 radical (unpaired) electrons. The zero-order valence-electron chi connectivity index (χ0n) is 18.5. The summed E-state index contributed by atoms with van der Waals surface area (Å²) >= 11 is 0. The fourth-order valence-electron chi connectivity index (χ4n) is 3.11. The van der Waals surface area contributed by atoms with Crippen LogP contribution in [-0.4, -0.2) is 59.7 Å². The van der Waals surface area contributed by atoms with Crippen molar-refractivity contribution in [2.45, 2.75) is 26.3 Å². The van der Waals surface area contributed by atoms with Crippen molar-refractivity contribution >= 4 is 34.9 Å². The summed E-state index contributed by atoms with van der Waals surface area (Å²) < 4.78 is 16.6. The molecule has 0 atom stereocenters. The first-order chi connectivity index (χ1) is 15.5. The van der Waals surface area contributed by atoms with E-state index in [1.165, 1.54) is 21.3 Å². The molecule has 0 fully saturated rings. The van der Waals surface area contributed by atoms with Crippen LogP contribution in [0.3, 0.4) is 0 Å². The zero-order valence-corrected chi connectivity index (χ0v) is 18.5. The van der Waals surface area contributed by atoms with Crippen LogP contribution in [-0.2, 0) is 16.0 Å². The lowest BCUT2D eigenvalue weighted by Gasteiger charge is -2.13. The van der Waals surface area contributed by atoms with Gasteiger partial charge in [0.1, 0.15) is 16.8 Å². The van der Waals surface area contributed by atoms with Crippen LogP contribution in [0.15, 0.2) is 24.4 Å². The summed E-state index contributed by atoms with van der Waals surface area (Å²) in [5.41, 5.74) is 2.43. The number of unbranched alkanes of at least 4 members (excludes halogenated alkanes) is 1. The van der Waals surface area contributed by atoms with Crippen molar-refractivity contribution in [1.29, 1.82) is 0 Å². The molecule has 2 aromatic heterocycles. The highest BCUT2D eigenvalue weighted by Gasteiger charge is 2.17. The summed E-state index contributed by atoms with van der Waals surface area (Å²) in [7, 11) is 4.13. The number of anilines is 2. The Kier molecular flexibility index (Phi) is 7.42. The summed E-state index contributed by atoms with van der Waals surface area (Å²) in [6.07, 6.45) is 2.89. The Bertz CT molecular complexity index is 1110. The lowest BCUT2D eigenvalue weighted by Crippen LogP contribution is -2.15. The van der Waals surface area contributed by atoms with E-state index in [4.69, 9.17) is 9.47 Å². The minimum atomic E-state index is -0.660. The van der Waals surface area contributed by atoms with Crippen molar-refractivity contribution in [2.75, 3.05) is 38.5 Å². The number of fused-ring (bicyclic) bond motifs is 1. The van der Waals surface area contributed by atoms with E-state index in [1.54, 1.807) is 29.1 Å². The van der Waals surface area contributed by atoms with E-state index in [0.717, 1.165) is 18.4 Å². The lowest BCUT2D eigenvalue weighted by atomic mass is 10.1. The Hall–Kier alpha value is -3.89. The van der Waals surface area contributed by atoms with E-state index in [-0.39, 0.29) is 5.95 Å². The fourth-order valence-corrected chi connectivity index (χ4v) is 3.11. The first-order valence-electron chi connectivity index (χ1n) is 10.1. The van der Waals surface area contributed by atoms with Crippen LogP contribution in [0.5, 0.6) is 5.75 Å². The van der Waals surface area contributed by atoms with E-state index >= 15 is 0 Å². The molecule has 3 rings (SSSR count). The van der Waals surface area contributed by atoms with Gasteiger partial charge in [0.05, 0.1) is 39.6 Å². The molecular formula is C21H26N6O5. The molecule has 11 nitrogen and oxygen atoms in total. The number of carbonyl (C=O) groups is 2. The summed E-state index contributed by atoms with van der Waals surface area (Å²) in [4.78, 5) is 32.2. The molecule has 0 spiro atoms. The maximum atomic E-state index is 11.8. The predicted octanol–water partition coefficient (Wildman–Crippen LogP) is 3.06. The van der Waals surface area contributed by atoms with Gasteiger partial charge in [-0.1, -0.05) is 19.4 Å². The van der Waals surface area contributed by atoms with Gasteiger partial charge in [-0.2, -0.15) is 10.1 Å². The summed E-state index contributed by atoms with van der Waals surface area (Å²) in [5, 5.41) is 10.2. The molecule has 0 saturated carbocycles. The van der Waals surface area contributed by atoms with Gasteiger partial charge in [-0.25, -0.2) is 14.6 Å². The third kappa shape index (κ3) is 5.05. The van der Waals surface area contributed by atoms with Gasteiger partial charge in [0.15, 0.2) is 5.82 Å². The Morgan fingerprint density at radius 1 is 1.12 bits per heavy atom. The molecule has 3 aromatic rings. The van der Waals surface area contributed by atoms with E-state index in [0.29, 0.717) is 41.3 Å². The van der Waals surface area contributed by atoms with Gasteiger partial charge in [-0.05, 0) is 18.6 Å². The molecular weight excluding hydrogens is 416 g/mol. The van der Waals surface area contributed by atoms with Crippen LogP contribution in [0.2, 0.25) is 0 Å². The number of nitrogens with zero attached hydrogens (tertiary/aromatic N) is 4. The highest BCUT2D eigenvalue weighted by Crippen LogP contribution is 2.26. The van der Waals surface area contributed by atoms with Gasteiger partial charge >= 0.3 is 12.1 Å². The van der Waals surface area contributed by atoms with Crippen LogP contribution < -0.4 is 15.4 Å². The number of ether oxygens (including phenoxy) is 3. The number of carbonyl (C=O) groups excluding carboxylic acids is 2. The van der Waals surface area contributed by atoms with Crippen LogP contribution >= 0.6 is 0 Å². The van der Waals surface area contributed by atoms with E-state index in [1.807, 2.05) is 0 Å². The smallest absolute Gasteiger partial charge is 0.413 e. The predicted molar refractivity (Wildman–Crippen MR) is 118 cm³/mol. The molecule has 11 heteroatoms. The highest BCUT2D eigenvalue weighted by molar-refractivity contribution is 5.90. The summed E-state index contributed by atoms with van der Waals surface area (Å²) in [6, 6.07) is 5.09. The van der Waals surface area contributed by atoms with Gasteiger partial charge in [0.2, 0.25) is 5.95 Å². The van der Waals surface area contributed by atoms with Crippen molar-refractivity contribution in [3.05, 3.63) is 35.5 Å². The van der Waals surface area contributed by atoms with Crippen molar-refractivity contribution in [3.8, 4) is 5.75 Å². The number of benzene rings is 1. The number of nitrogens with one attached hydrogen (secondary N) is 2. The van der Waals surface area contributed by atoms with Crippen molar-refractivity contribution < 1.29 is 23.8 Å². The fraction of sp³-hybridized carbons (Fsp3) is 0.381. The second-order valence-corrected chi connectivity index (χ2v) is 6.85. The quantitative estimate of drug-likeness (QED) is 0.379. The maximum absolute atomic E-state index is 11.8. The van der Waals surface area contributed by atoms with Crippen LogP contribution in [0.25, 0.3) is 11.0 Å². The minimum Gasteiger partial charge on any atom is -0.496 e. The normalized spacial score (nSPS) is 10.6. The molecule has 0 bridgehead atoms. The number of methoxy groups -OCH3 is 3. The topological polar surface area (TPSA) is 129 Å². The van der Waals surface area contributed by atoms with Gasteiger partial charge < -0.3 is 19.5 Å². The molecule has 2 N–H and O–H groups in total. The average Bonchev–Trinajstić information content (AvgIpc) is 3.21. The number of hydrogen-bond acceptors (Lipinski definition) is 9. The number of esters is 1. The maximum Gasteiger partial charge on any atom is 0.413 e. The molecule has 2 heterocycles. The number of aromatic nitrogens is 4. The van der Waals surface area contributed by atoms with Gasteiger partial charge in [-0.15, -0.1) is 0 Å². The van der Waals surface area contributed by atoms with E-state index < -0.39 is 12.1 Å². The Morgan fingerprint density at radius 2 is 1.94 bits per heavy atom. The summed E-state index contributed by atoms with van der Waals surface area (Å²) in [5.74, 6) is 0.739. The Balaban J connectivity index is 1.99. The van der Waals surface area contributed by atoms with Gasteiger partial charge in [0.25, 0.3) is 0 Å². The molecule has 0 aliphatic carbocycles. The third-order valence-corrected chi connectivity index (χ3v) is 4.74. The number of hydrogen-bond donors (Lipinski definition) is 2. The third-order valence-electron chi connectivity index (χ3n) is 4.74. The van der Waals surface area contributed by atoms with Gasteiger partial charge in [-0.3, -0.25) is 10.00 Å². The van der Waals surface area contributed by atoms with Crippen LogP contribution in [0.4, 0.5) is 16.6 Å². The molecule has 0 aliphatic heterocycles. The second-order valence-electron chi connectivity index (χ2n) is 6.85. The molecule has 32 heavy (non-hydrogen) atoms. The van der Waals surface area contributed by atoms with Crippen molar-refractivity contribution in [2.24, 2.45) is 0 Å². The molecule has 0 unspecified atom stereocenters. The molecule has 1 aromatic carbocycles. The lowest BCUT2D eigenvalue weighted by molar-refractivity contribution is 0.0600. The first-order valence-corrected chi connectivity index (χ1v) is 10.1. The molecule has 0 aliphatic rings. The molecule has 170 valence electrons. The summed E-state index contributed by atoms with van der Waals surface area (Å²) in [6.45, 7) is 3.14. The average molecular weight is 442 g/mol. The Morgan fingerprint density at radius 3 is 2.62 bits per heavy atom. The minimum absolute atomic E-state index is 0.114. The standard InChI is InChI=1S/C21H26N6O5/c1-5-6-9-22-18-17-15(24-20(25-18)26-21(29)32-4)11-23-27(17)12-14-8-7-13(19(28)31-3)10-16(14)30-2/h7-8,10-11H,5-6,9,12H2,1-4H3,(H2,22,24,25,26,29). The second kappa shape index (κ2) is 10.4. The first kappa shape index (κ1) is 22.8. The van der Waals surface area contributed by atoms with E-state index in [9.17, 15) is 9.59 Å². The number of rotatable bonds is 9. The van der Waals surface area contributed by atoms with Crippen molar-refractivity contribution in [3.63, 3.8) is 0 Å². The number of amides is 1. The SMILES string of the molecule is CCCCNc1nc(NC(=O)OC)nc2cnn(Cc3ccc(C(=O)OC)cc3OC)c12. The Labute approximate surface area is 185 Å². The molecule has 0 saturated heterocycles. The molecule has 1 amide bonds. The largest absolute Gasteiger partial charge is 0.496 e. The van der Waals surface area contributed by atoms with Crippen LogP contribution in [0.1, 0.15) is 35.7 Å². The highest BCUT2D eigenvalue weighted by atomic mass is 16.5. The zero-order chi connectivity index (χ0) is 23.1.